The summed E-state index contributed by atoms with van der Waals surface area (Å²) < 4.78 is 18.0. The van der Waals surface area contributed by atoms with E-state index in [-0.39, 0.29) is 5.82 Å². The predicted octanol–water partition coefficient (Wildman–Crippen LogP) is 4.72. The minimum absolute atomic E-state index is 0.243. The van der Waals surface area contributed by atoms with E-state index in [9.17, 15) is 4.39 Å². The molecule has 0 saturated carbocycles. The van der Waals surface area contributed by atoms with Gasteiger partial charge in [0.05, 0.1) is 11.4 Å². The first-order valence-electron chi connectivity index (χ1n) is 6.46. The predicted molar refractivity (Wildman–Crippen MR) is 82.4 cm³/mol. The monoisotopic (exact) mass is 300 g/mol. The Balaban J connectivity index is 1.84. The van der Waals surface area contributed by atoms with Crippen molar-refractivity contribution in [2.45, 2.75) is 13.8 Å². The van der Waals surface area contributed by atoms with E-state index in [4.69, 9.17) is 4.52 Å². The first kappa shape index (κ1) is 13.7. The highest BCUT2D eigenvalue weighted by Crippen LogP contribution is 2.24. The molecule has 3 nitrogen and oxygen atoms in total. The van der Waals surface area contributed by atoms with Crippen molar-refractivity contribution in [2.24, 2.45) is 0 Å². The quantitative estimate of drug-likeness (QED) is 0.702. The molecule has 0 amide bonds. The van der Waals surface area contributed by atoms with E-state index >= 15 is 0 Å². The molecule has 0 aliphatic heterocycles. The largest absolute Gasteiger partial charge is 0.361 e. The maximum Gasteiger partial charge on any atom is 0.141 e. The molecular formula is C16H13FN2OS. The zero-order valence-electron chi connectivity index (χ0n) is 11.6. The first-order valence-corrected chi connectivity index (χ1v) is 7.34. The van der Waals surface area contributed by atoms with Crippen molar-refractivity contribution in [3.8, 4) is 11.3 Å². The Morgan fingerprint density at radius 3 is 2.57 bits per heavy atom. The van der Waals surface area contributed by atoms with Gasteiger partial charge in [0.25, 0.3) is 0 Å². The number of aromatic nitrogens is 2. The van der Waals surface area contributed by atoms with Crippen molar-refractivity contribution in [3.05, 3.63) is 57.5 Å². The number of hydrogen-bond acceptors (Lipinski definition) is 4. The SMILES string of the molecule is Cc1noc(C)c1C=Cc1nc(-c2ccc(F)cc2)cs1. The van der Waals surface area contributed by atoms with E-state index in [0.717, 1.165) is 33.3 Å². The van der Waals surface area contributed by atoms with E-state index in [1.54, 1.807) is 12.1 Å². The lowest BCUT2D eigenvalue weighted by molar-refractivity contribution is 0.393. The van der Waals surface area contributed by atoms with Gasteiger partial charge in [-0.05, 0) is 50.3 Å². The topological polar surface area (TPSA) is 38.9 Å². The molecule has 5 heteroatoms. The Kier molecular flexibility index (Phi) is 3.66. The van der Waals surface area contributed by atoms with Crippen LogP contribution in [0.15, 0.2) is 34.2 Å². The fourth-order valence-electron chi connectivity index (χ4n) is 2.00. The van der Waals surface area contributed by atoms with E-state index in [1.807, 2.05) is 31.4 Å². The fourth-order valence-corrected chi connectivity index (χ4v) is 2.72. The molecule has 0 N–H and O–H groups in total. The molecule has 0 aliphatic carbocycles. The molecule has 0 radical (unpaired) electrons. The van der Waals surface area contributed by atoms with Crippen LogP contribution in [0.3, 0.4) is 0 Å². The number of benzene rings is 1. The highest BCUT2D eigenvalue weighted by atomic mass is 32.1. The molecule has 3 rings (SSSR count). The average Bonchev–Trinajstić information content (AvgIpc) is 3.06. The average molecular weight is 300 g/mol. The highest BCUT2D eigenvalue weighted by Gasteiger charge is 2.06. The van der Waals surface area contributed by atoms with E-state index < -0.39 is 0 Å². The number of nitrogens with zero attached hydrogens (tertiary/aromatic N) is 2. The van der Waals surface area contributed by atoms with Crippen LogP contribution < -0.4 is 0 Å². The summed E-state index contributed by atoms with van der Waals surface area (Å²) in [4.78, 5) is 4.53. The molecule has 0 bridgehead atoms. The summed E-state index contributed by atoms with van der Waals surface area (Å²) in [5.74, 6) is 0.548. The van der Waals surface area contributed by atoms with E-state index in [0.29, 0.717) is 0 Å². The van der Waals surface area contributed by atoms with Crippen LogP contribution in [-0.4, -0.2) is 10.1 Å². The zero-order valence-corrected chi connectivity index (χ0v) is 12.4. The molecule has 0 atom stereocenters. The second-order valence-corrected chi connectivity index (χ2v) is 5.54. The number of hydrogen-bond donors (Lipinski definition) is 0. The third-order valence-electron chi connectivity index (χ3n) is 3.14. The van der Waals surface area contributed by atoms with Gasteiger partial charge in [-0.3, -0.25) is 0 Å². The molecule has 2 heterocycles. The van der Waals surface area contributed by atoms with Gasteiger partial charge in [-0.1, -0.05) is 5.16 Å². The summed E-state index contributed by atoms with van der Waals surface area (Å²) in [5, 5.41) is 6.75. The zero-order chi connectivity index (χ0) is 14.8. The summed E-state index contributed by atoms with van der Waals surface area (Å²) in [7, 11) is 0. The van der Waals surface area contributed by atoms with Crippen LogP contribution >= 0.6 is 11.3 Å². The normalized spacial score (nSPS) is 11.4. The minimum Gasteiger partial charge on any atom is -0.361 e. The van der Waals surface area contributed by atoms with Gasteiger partial charge >= 0.3 is 0 Å². The Hall–Kier alpha value is -2.27. The van der Waals surface area contributed by atoms with Crippen LogP contribution in [0.2, 0.25) is 0 Å². The summed E-state index contributed by atoms with van der Waals surface area (Å²) in [6.45, 7) is 3.79. The molecule has 0 spiro atoms. The van der Waals surface area contributed by atoms with Gasteiger partial charge in [0.15, 0.2) is 0 Å². The van der Waals surface area contributed by atoms with Crippen LogP contribution in [0.25, 0.3) is 23.4 Å². The van der Waals surface area contributed by atoms with Crippen LogP contribution in [0.4, 0.5) is 4.39 Å². The van der Waals surface area contributed by atoms with Gasteiger partial charge in [-0.2, -0.15) is 0 Å². The third kappa shape index (κ3) is 2.92. The standard InChI is InChI=1S/C16H13FN2OS/c1-10-14(11(2)20-19-10)7-8-16-18-15(9-21-16)12-3-5-13(17)6-4-12/h3-9H,1-2H3. The first-order chi connectivity index (χ1) is 10.1. The van der Waals surface area contributed by atoms with Gasteiger partial charge in [0, 0.05) is 16.5 Å². The Morgan fingerprint density at radius 2 is 1.90 bits per heavy atom. The Morgan fingerprint density at radius 1 is 1.14 bits per heavy atom. The molecule has 0 unspecified atom stereocenters. The Bertz CT molecular complexity index is 767. The van der Waals surface area contributed by atoms with Gasteiger partial charge in [-0.25, -0.2) is 9.37 Å². The van der Waals surface area contributed by atoms with Gasteiger partial charge in [0.2, 0.25) is 0 Å². The molecule has 3 aromatic rings. The molecular weight excluding hydrogens is 287 g/mol. The van der Waals surface area contributed by atoms with Crippen LogP contribution in [0, 0.1) is 19.7 Å². The maximum atomic E-state index is 12.9. The lowest BCUT2D eigenvalue weighted by Gasteiger charge is -1.95. The lowest BCUT2D eigenvalue weighted by Crippen LogP contribution is -1.80. The van der Waals surface area contributed by atoms with Crippen LogP contribution in [-0.2, 0) is 0 Å². The van der Waals surface area contributed by atoms with Crippen molar-refractivity contribution in [1.82, 2.24) is 10.1 Å². The van der Waals surface area contributed by atoms with Crippen molar-refractivity contribution in [2.75, 3.05) is 0 Å². The molecule has 106 valence electrons. The second kappa shape index (κ2) is 5.61. The summed E-state index contributed by atoms with van der Waals surface area (Å²) >= 11 is 1.54. The Labute approximate surface area is 125 Å². The number of halogens is 1. The lowest BCUT2D eigenvalue weighted by atomic mass is 10.2. The second-order valence-electron chi connectivity index (χ2n) is 4.65. The van der Waals surface area contributed by atoms with Crippen LogP contribution in [0.5, 0.6) is 0 Å². The maximum absolute atomic E-state index is 12.9. The fraction of sp³-hybridized carbons (Fsp3) is 0.125. The van der Waals surface area contributed by atoms with Crippen molar-refractivity contribution >= 4 is 23.5 Å². The summed E-state index contributed by atoms with van der Waals surface area (Å²) in [6, 6.07) is 6.33. The molecule has 1 aromatic carbocycles. The smallest absolute Gasteiger partial charge is 0.141 e. The molecule has 0 saturated heterocycles. The third-order valence-corrected chi connectivity index (χ3v) is 3.95. The van der Waals surface area contributed by atoms with Gasteiger partial charge < -0.3 is 4.52 Å². The number of rotatable bonds is 3. The van der Waals surface area contributed by atoms with E-state index in [2.05, 4.69) is 10.1 Å². The highest BCUT2D eigenvalue weighted by molar-refractivity contribution is 7.10. The summed E-state index contributed by atoms with van der Waals surface area (Å²) in [5.41, 5.74) is 3.59. The van der Waals surface area contributed by atoms with E-state index in [1.165, 1.54) is 23.5 Å². The minimum atomic E-state index is -0.243. The van der Waals surface area contributed by atoms with Gasteiger partial charge in [-0.15, -0.1) is 11.3 Å². The molecule has 0 aliphatic rings. The van der Waals surface area contributed by atoms with Crippen molar-refractivity contribution in [3.63, 3.8) is 0 Å². The van der Waals surface area contributed by atoms with Crippen molar-refractivity contribution < 1.29 is 8.91 Å². The number of thiazole rings is 1. The van der Waals surface area contributed by atoms with Crippen molar-refractivity contribution in [1.29, 1.82) is 0 Å². The molecule has 2 aromatic heterocycles. The molecule has 21 heavy (non-hydrogen) atoms. The summed E-state index contributed by atoms with van der Waals surface area (Å²) in [6.07, 6.45) is 3.89. The van der Waals surface area contributed by atoms with Crippen LogP contribution in [0.1, 0.15) is 22.0 Å². The van der Waals surface area contributed by atoms with Gasteiger partial charge in [0.1, 0.15) is 16.6 Å². The molecule has 0 fully saturated rings. The number of aryl methyl sites for hydroxylation is 2.